The lowest BCUT2D eigenvalue weighted by Crippen LogP contribution is -2.73. The number of primary amides is 1. The van der Waals surface area contributed by atoms with Crippen LogP contribution in [0.1, 0.15) is 47.2 Å². The Hall–Kier alpha value is -2.18. The molecule has 2 fully saturated rings. The van der Waals surface area contributed by atoms with Crippen LogP contribution in [0.15, 0.2) is 24.8 Å². The third kappa shape index (κ3) is 2.06. The SMILES string of the molecule is C=CCN1CC[C@]23CC(=O)CC[C@@]2(O)C1Cc1ccc(C(N)=O)c(O)c13. The van der Waals surface area contributed by atoms with Crippen molar-refractivity contribution in [2.75, 3.05) is 13.1 Å². The fourth-order valence-corrected chi connectivity index (χ4v) is 5.59. The van der Waals surface area contributed by atoms with Gasteiger partial charge in [-0.15, -0.1) is 6.58 Å². The van der Waals surface area contributed by atoms with Crippen LogP contribution in [-0.2, 0) is 16.6 Å². The second-order valence-corrected chi connectivity index (χ2v) is 7.84. The molecule has 4 N–H and O–H groups in total. The molecule has 1 unspecified atom stereocenters. The van der Waals surface area contributed by atoms with Crippen molar-refractivity contribution in [2.24, 2.45) is 5.73 Å². The second-order valence-electron chi connectivity index (χ2n) is 7.84. The van der Waals surface area contributed by atoms with Crippen molar-refractivity contribution in [3.63, 3.8) is 0 Å². The van der Waals surface area contributed by atoms with Gasteiger partial charge in [-0.3, -0.25) is 14.5 Å². The Morgan fingerprint density at radius 2 is 2.19 bits per heavy atom. The Labute approximate surface area is 152 Å². The third-order valence-corrected chi connectivity index (χ3v) is 6.72. The Morgan fingerprint density at radius 3 is 2.88 bits per heavy atom. The van der Waals surface area contributed by atoms with Gasteiger partial charge in [0.25, 0.3) is 5.91 Å². The first-order valence-electron chi connectivity index (χ1n) is 9.08. The molecular weight excluding hydrogens is 332 g/mol. The van der Waals surface area contributed by atoms with E-state index >= 15 is 0 Å². The van der Waals surface area contributed by atoms with Crippen LogP contribution in [-0.4, -0.2) is 51.5 Å². The quantitative estimate of drug-likeness (QED) is 0.702. The molecule has 1 saturated heterocycles. The van der Waals surface area contributed by atoms with Gasteiger partial charge in [0, 0.05) is 36.4 Å². The highest BCUT2D eigenvalue weighted by molar-refractivity contribution is 5.96. The number of aliphatic hydroxyl groups is 1. The fourth-order valence-electron chi connectivity index (χ4n) is 5.59. The molecule has 0 spiro atoms. The second kappa shape index (κ2) is 5.66. The van der Waals surface area contributed by atoms with Crippen LogP contribution in [0.3, 0.4) is 0 Å². The van der Waals surface area contributed by atoms with Gasteiger partial charge in [0.15, 0.2) is 0 Å². The molecule has 3 atom stereocenters. The molecule has 6 nitrogen and oxygen atoms in total. The van der Waals surface area contributed by atoms with Gasteiger partial charge >= 0.3 is 0 Å². The topological polar surface area (TPSA) is 104 Å². The first kappa shape index (κ1) is 17.2. The van der Waals surface area contributed by atoms with Crippen molar-refractivity contribution >= 4 is 11.7 Å². The molecule has 1 aromatic carbocycles. The number of phenols is 1. The normalized spacial score (nSPS) is 33.3. The number of rotatable bonds is 3. The summed E-state index contributed by atoms with van der Waals surface area (Å²) >= 11 is 0. The van der Waals surface area contributed by atoms with Crippen molar-refractivity contribution < 1.29 is 19.8 Å². The molecule has 1 aromatic rings. The Morgan fingerprint density at radius 1 is 1.42 bits per heavy atom. The number of hydrogen-bond donors (Lipinski definition) is 3. The summed E-state index contributed by atoms with van der Waals surface area (Å²) in [7, 11) is 0. The molecule has 1 heterocycles. The maximum atomic E-state index is 12.4. The number of aromatic hydroxyl groups is 1. The molecule has 1 amide bonds. The highest BCUT2D eigenvalue weighted by atomic mass is 16.3. The number of benzene rings is 1. The average molecular weight is 356 g/mol. The van der Waals surface area contributed by atoms with E-state index in [9.17, 15) is 19.8 Å². The van der Waals surface area contributed by atoms with Gasteiger partial charge in [0.1, 0.15) is 11.5 Å². The van der Waals surface area contributed by atoms with Crippen molar-refractivity contribution in [1.82, 2.24) is 4.90 Å². The molecule has 0 radical (unpaired) electrons. The number of carbonyl (C=O) groups is 2. The molecule has 26 heavy (non-hydrogen) atoms. The smallest absolute Gasteiger partial charge is 0.252 e. The zero-order valence-corrected chi connectivity index (χ0v) is 14.7. The van der Waals surface area contributed by atoms with Crippen molar-refractivity contribution in [2.45, 2.75) is 49.2 Å². The monoisotopic (exact) mass is 356 g/mol. The molecule has 1 saturated carbocycles. The summed E-state index contributed by atoms with van der Waals surface area (Å²) < 4.78 is 0. The lowest BCUT2D eigenvalue weighted by molar-refractivity contribution is -0.171. The minimum atomic E-state index is -1.12. The number of nitrogens with zero attached hydrogens (tertiary/aromatic N) is 1. The summed E-state index contributed by atoms with van der Waals surface area (Å²) in [4.78, 5) is 26.3. The van der Waals surface area contributed by atoms with Crippen molar-refractivity contribution in [1.29, 1.82) is 0 Å². The van der Waals surface area contributed by atoms with E-state index in [-0.39, 0.29) is 29.6 Å². The van der Waals surface area contributed by atoms with Gasteiger partial charge in [-0.2, -0.15) is 0 Å². The molecule has 2 bridgehead atoms. The highest BCUT2D eigenvalue weighted by Gasteiger charge is 2.65. The van der Waals surface area contributed by atoms with Gasteiger partial charge in [-0.1, -0.05) is 12.1 Å². The molecule has 138 valence electrons. The van der Waals surface area contributed by atoms with E-state index in [0.717, 1.165) is 5.56 Å². The number of nitrogens with two attached hydrogens (primary N) is 1. The van der Waals surface area contributed by atoms with E-state index < -0.39 is 16.9 Å². The minimum absolute atomic E-state index is 0.0467. The van der Waals surface area contributed by atoms with Crippen LogP contribution >= 0.6 is 0 Å². The van der Waals surface area contributed by atoms with Gasteiger partial charge < -0.3 is 15.9 Å². The third-order valence-electron chi connectivity index (χ3n) is 6.72. The summed E-state index contributed by atoms with van der Waals surface area (Å²) in [5.41, 5.74) is 4.91. The largest absolute Gasteiger partial charge is 0.507 e. The number of amides is 1. The number of carbonyl (C=O) groups excluding carboxylic acids is 2. The summed E-state index contributed by atoms with van der Waals surface area (Å²) in [6, 6.07) is 3.20. The number of Topliss-reactive ketones (excluding diaryl/α,β-unsaturated/α-hetero) is 1. The first-order valence-corrected chi connectivity index (χ1v) is 9.08. The number of hydrogen-bond acceptors (Lipinski definition) is 5. The Bertz CT molecular complexity index is 820. The Kier molecular flexibility index (Phi) is 3.75. The lowest BCUT2D eigenvalue weighted by atomic mass is 9.49. The van der Waals surface area contributed by atoms with Crippen molar-refractivity contribution in [3.8, 4) is 5.75 Å². The summed E-state index contributed by atoms with van der Waals surface area (Å²) in [5, 5.41) is 22.7. The Balaban J connectivity index is 1.97. The first-order chi connectivity index (χ1) is 12.3. The molecule has 1 aliphatic heterocycles. The van der Waals surface area contributed by atoms with Crippen LogP contribution in [0.2, 0.25) is 0 Å². The maximum Gasteiger partial charge on any atom is 0.252 e. The summed E-state index contributed by atoms with van der Waals surface area (Å²) in [5.74, 6) is -0.792. The summed E-state index contributed by atoms with van der Waals surface area (Å²) in [6.07, 6.45) is 3.81. The summed E-state index contributed by atoms with van der Waals surface area (Å²) in [6.45, 7) is 5.18. The average Bonchev–Trinajstić information content (AvgIpc) is 2.57. The molecular formula is C20H24N2O4. The van der Waals surface area contributed by atoms with E-state index in [0.29, 0.717) is 44.3 Å². The predicted octanol–water partition coefficient (Wildman–Crippen LogP) is 1.03. The minimum Gasteiger partial charge on any atom is -0.507 e. The molecule has 0 aromatic heterocycles. The van der Waals surface area contributed by atoms with Crippen LogP contribution in [0.4, 0.5) is 0 Å². The van der Waals surface area contributed by atoms with E-state index in [4.69, 9.17) is 5.73 Å². The van der Waals surface area contributed by atoms with Crippen LogP contribution in [0, 0.1) is 0 Å². The van der Waals surface area contributed by atoms with Gasteiger partial charge in [0.2, 0.25) is 0 Å². The number of ketones is 1. The van der Waals surface area contributed by atoms with E-state index in [1.165, 1.54) is 6.07 Å². The van der Waals surface area contributed by atoms with E-state index in [1.807, 2.05) is 6.08 Å². The zero-order chi connectivity index (χ0) is 18.7. The molecule has 4 rings (SSSR count). The van der Waals surface area contributed by atoms with E-state index in [1.54, 1.807) is 6.07 Å². The van der Waals surface area contributed by atoms with Gasteiger partial charge in [0.05, 0.1) is 11.2 Å². The van der Waals surface area contributed by atoms with Gasteiger partial charge in [-0.25, -0.2) is 0 Å². The maximum absolute atomic E-state index is 12.4. The van der Waals surface area contributed by atoms with Crippen molar-refractivity contribution in [3.05, 3.63) is 41.5 Å². The number of piperidine rings is 1. The predicted molar refractivity (Wildman–Crippen MR) is 96.0 cm³/mol. The fraction of sp³-hybridized carbons (Fsp3) is 0.500. The zero-order valence-electron chi connectivity index (χ0n) is 14.7. The van der Waals surface area contributed by atoms with Crippen LogP contribution in [0.25, 0.3) is 0 Å². The van der Waals surface area contributed by atoms with E-state index in [2.05, 4.69) is 11.5 Å². The molecule has 2 aliphatic carbocycles. The van der Waals surface area contributed by atoms with Crippen LogP contribution in [0.5, 0.6) is 5.75 Å². The standard InChI is InChI=1S/C20H24N2O4/c1-2-8-22-9-7-19-11-13(23)5-6-20(19,26)15(22)10-12-3-4-14(18(21)25)17(24)16(12)19/h2-4,15,24,26H,1,5-11H2,(H2,21,25)/t15?,19-,20-/m1/s1. The number of likely N-dealkylation sites (tertiary alicyclic amines) is 1. The number of fused-ring (bicyclic) bond motifs is 1. The van der Waals surface area contributed by atoms with Gasteiger partial charge in [-0.05, 0) is 37.4 Å². The highest BCUT2D eigenvalue weighted by Crippen LogP contribution is 2.59. The molecule has 6 heteroatoms. The van der Waals surface area contributed by atoms with Crippen LogP contribution < -0.4 is 5.73 Å². The lowest BCUT2D eigenvalue weighted by Gasteiger charge is -2.63. The molecule has 3 aliphatic rings.